The molecule has 0 aliphatic heterocycles. The number of hydrogen-bond acceptors (Lipinski definition) is 5. The van der Waals surface area contributed by atoms with Crippen molar-refractivity contribution in [3.63, 3.8) is 0 Å². The predicted octanol–water partition coefficient (Wildman–Crippen LogP) is 2.17. The van der Waals surface area contributed by atoms with Crippen molar-refractivity contribution in [2.45, 2.75) is 25.6 Å². The zero-order valence-corrected chi connectivity index (χ0v) is 10.4. The minimum absolute atomic E-state index is 0.0252. The number of rotatable bonds is 6. The summed E-state index contributed by atoms with van der Waals surface area (Å²) in [4.78, 5) is 7.33. The molecule has 1 rings (SSSR count). The zero-order valence-electron chi connectivity index (χ0n) is 10.4. The minimum Gasteiger partial charge on any atom is -0.471 e. The Hall–Kier alpha value is -1.71. The van der Waals surface area contributed by atoms with E-state index in [9.17, 15) is 22.0 Å². The van der Waals surface area contributed by atoms with E-state index in [0.29, 0.717) is 6.61 Å². The largest absolute Gasteiger partial charge is 0.471 e. The molecule has 0 aliphatic carbocycles. The van der Waals surface area contributed by atoms with Gasteiger partial charge in [-0.2, -0.15) is 26.9 Å². The maximum Gasteiger partial charge on any atom is 0.456 e. The van der Waals surface area contributed by atoms with Crippen molar-refractivity contribution in [2.75, 3.05) is 18.9 Å². The van der Waals surface area contributed by atoms with E-state index in [-0.39, 0.29) is 18.2 Å². The van der Waals surface area contributed by atoms with Gasteiger partial charge in [-0.3, -0.25) is 0 Å². The second-order valence-electron chi connectivity index (χ2n) is 3.68. The Bertz CT molecular complexity index is 453. The van der Waals surface area contributed by atoms with Crippen molar-refractivity contribution in [2.24, 2.45) is 0 Å². The van der Waals surface area contributed by atoms with Gasteiger partial charge in [-0.05, 0) is 6.92 Å². The predicted molar refractivity (Wildman–Crippen MR) is 58.3 cm³/mol. The molecular formula is C10H12F5N3O2. The molecule has 1 heterocycles. The van der Waals surface area contributed by atoms with Gasteiger partial charge in [0, 0.05) is 12.7 Å². The summed E-state index contributed by atoms with van der Waals surface area (Å²) in [6.07, 6.45) is -5.69. The van der Waals surface area contributed by atoms with E-state index in [1.165, 1.54) is 0 Å². The van der Waals surface area contributed by atoms with E-state index in [0.717, 1.165) is 6.07 Å². The van der Waals surface area contributed by atoms with Crippen LogP contribution in [0.3, 0.4) is 0 Å². The molecular weight excluding hydrogens is 289 g/mol. The number of halogens is 5. The van der Waals surface area contributed by atoms with Gasteiger partial charge in [-0.1, -0.05) is 0 Å². The molecule has 0 fully saturated rings. The third kappa shape index (κ3) is 4.44. The van der Waals surface area contributed by atoms with E-state index in [4.69, 9.17) is 10.5 Å². The van der Waals surface area contributed by atoms with Crippen molar-refractivity contribution in [1.82, 2.24) is 9.97 Å². The minimum atomic E-state index is -5.69. The number of alkyl halides is 5. The third-order valence-electron chi connectivity index (χ3n) is 2.02. The maximum absolute atomic E-state index is 12.7. The van der Waals surface area contributed by atoms with Crippen LogP contribution in [0, 0.1) is 0 Å². The van der Waals surface area contributed by atoms with Crippen LogP contribution >= 0.6 is 0 Å². The Morgan fingerprint density at radius 2 is 1.85 bits per heavy atom. The normalized spacial score (nSPS) is 12.5. The van der Waals surface area contributed by atoms with Gasteiger partial charge >= 0.3 is 12.1 Å². The fourth-order valence-corrected chi connectivity index (χ4v) is 1.07. The molecule has 0 saturated carbocycles. The molecule has 114 valence electrons. The van der Waals surface area contributed by atoms with Gasteiger partial charge in [0.05, 0.1) is 0 Å². The standard InChI is InChI=1S/C10H12F5N3O2/c1-2-19-4-7-17-6(16)3-8(18-7)20-5-9(11,12)10(13,14)15/h3H,2,4-5H2,1H3,(H2,16,17,18). The molecule has 0 spiro atoms. The van der Waals surface area contributed by atoms with E-state index < -0.39 is 24.6 Å². The van der Waals surface area contributed by atoms with Crippen LogP contribution in [0.25, 0.3) is 0 Å². The van der Waals surface area contributed by atoms with Crippen LogP contribution in [-0.4, -0.2) is 35.3 Å². The summed E-state index contributed by atoms with van der Waals surface area (Å²) in [6, 6.07) is 0.946. The van der Waals surface area contributed by atoms with Crippen molar-refractivity contribution >= 4 is 5.82 Å². The Balaban J connectivity index is 2.75. The van der Waals surface area contributed by atoms with Crippen molar-refractivity contribution in [1.29, 1.82) is 0 Å². The van der Waals surface area contributed by atoms with Crippen molar-refractivity contribution in [3.8, 4) is 5.88 Å². The van der Waals surface area contributed by atoms with Crippen molar-refractivity contribution in [3.05, 3.63) is 11.9 Å². The van der Waals surface area contributed by atoms with E-state index in [2.05, 4.69) is 14.7 Å². The average Bonchev–Trinajstić information content (AvgIpc) is 2.32. The Kier molecular flexibility index (Phi) is 5.03. The summed E-state index contributed by atoms with van der Waals surface area (Å²) < 4.78 is 70.5. The number of aromatic nitrogens is 2. The summed E-state index contributed by atoms with van der Waals surface area (Å²) in [6.45, 7) is 0.0999. The number of nitrogen functional groups attached to an aromatic ring is 1. The highest BCUT2D eigenvalue weighted by atomic mass is 19.4. The summed E-state index contributed by atoms with van der Waals surface area (Å²) >= 11 is 0. The Morgan fingerprint density at radius 3 is 2.40 bits per heavy atom. The number of nitrogens with two attached hydrogens (primary N) is 1. The van der Waals surface area contributed by atoms with Crippen LogP contribution < -0.4 is 10.5 Å². The molecule has 0 amide bonds. The van der Waals surface area contributed by atoms with E-state index >= 15 is 0 Å². The highest BCUT2D eigenvalue weighted by molar-refractivity contribution is 5.32. The molecule has 1 aromatic heterocycles. The van der Waals surface area contributed by atoms with Gasteiger partial charge in [0.2, 0.25) is 5.88 Å². The Labute approximate surface area is 110 Å². The van der Waals surface area contributed by atoms with Crippen LogP contribution in [0.4, 0.5) is 27.8 Å². The second-order valence-corrected chi connectivity index (χ2v) is 3.68. The lowest BCUT2D eigenvalue weighted by Crippen LogP contribution is -2.41. The first-order chi connectivity index (χ1) is 9.15. The van der Waals surface area contributed by atoms with Gasteiger partial charge in [0.15, 0.2) is 12.4 Å². The van der Waals surface area contributed by atoms with Gasteiger partial charge in [0.25, 0.3) is 0 Å². The molecule has 0 saturated heterocycles. The molecule has 0 bridgehead atoms. The monoisotopic (exact) mass is 301 g/mol. The summed E-state index contributed by atoms with van der Waals surface area (Å²) in [5, 5.41) is 0. The lowest BCUT2D eigenvalue weighted by atomic mass is 10.3. The van der Waals surface area contributed by atoms with Crippen LogP contribution in [0.5, 0.6) is 5.88 Å². The first-order valence-corrected chi connectivity index (χ1v) is 5.44. The number of ether oxygens (including phenoxy) is 2. The molecule has 0 aliphatic rings. The number of hydrogen-bond donors (Lipinski definition) is 1. The van der Waals surface area contributed by atoms with E-state index in [1.54, 1.807) is 6.92 Å². The van der Waals surface area contributed by atoms with Crippen LogP contribution in [0.15, 0.2) is 6.07 Å². The van der Waals surface area contributed by atoms with Gasteiger partial charge in [-0.15, -0.1) is 0 Å². The SMILES string of the molecule is CCOCc1nc(N)cc(OCC(F)(F)C(F)(F)F)n1. The van der Waals surface area contributed by atoms with Crippen LogP contribution in [-0.2, 0) is 11.3 Å². The zero-order chi connectivity index (χ0) is 15.4. The molecule has 0 unspecified atom stereocenters. The Morgan fingerprint density at radius 1 is 1.20 bits per heavy atom. The summed E-state index contributed by atoms with van der Waals surface area (Å²) in [7, 11) is 0. The maximum atomic E-state index is 12.7. The fourth-order valence-electron chi connectivity index (χ4n) is 1.07. The molecule has 20 heavy (non-hydrogen) atoms. The fraction of sp³-hybridized carbons (Fsp3) is 0.600. The third-order valence-corrected chi connectivity index (χ3v) is 2.02. The summed E-state index contributed by atoms with van der Waals surface area (Å²) in [5.74, 6) is -5.55. The number of nitrogens with zero attached hydrogens (tertiary/aromatic N) is 2. The smallest absolute Gasteiger partial charge is 0.456 e. The molecule has 10 heteroatoms. The molecule has 2 N–H and O–H groups in total. The lowest BCUT2D eigenvalue weighted by molar-refractivity contribution is -0.290. The van der Waals surface area contributed by atoms with Crippen molar-refractivity contribution < 1.29 is 31.4 Å². The van der Waals surface area contributed by atoms with Gasteiger partial charge in [-0.25, -0.2) is 4.98 Å². The topological polar surface area (TPSA) is 70.3 Å². The quantitative estimate of drug-likeness (QED) is 0.815. The van der Waals surface area contributed by atoms with E-state index in [1.807, 2.05) is 0 Å². The summed E-state index contributed by atoms with van der Waals surface area (Å²) in [5.41, 5.74) is 5.36. The molecule has 0 atom stereocenters. The number of anilines is 1. The molecule has 0 radical (unpaired) electrons. The molecule has 5 nitrogen and oxygen atoms in total. The highest BCUT2D eigenvalue weighted by Gasteiger charge is 2.58. The molecule has 0 aromatic carbocycles. The van der Waals surface area contributed by atoms with Crippen LogP contribution in [0.2, 0.25) is 0 Å². The second kappa shape index (κ2) is 6.16. The first-order valence-electron chi connectivity index (χ1n) is 5.44. The van der Waals surface area contributed by atoms with Gasteiger partial charge < -0.3 is 15.2 Å². The lowest BCUT2D eigenvalue weighted by Gasteiger charge is -2.19. The average molecular weight is 301 g/mol. The first kappa shape index (κ1) is 16.3. The molecule has 1 aromatic rings. The van der Waals surface area contributed by atoms with Crippen LogP contribution in [0.1, 0.15) is 12.7 Å². The highest BCUT2D eigenvalue weighted by Crippen LogP contribution is 2.35. The van der Waals surface area contributed by atoms with Gasteiger partial charge in [0.1, 0.15) is 12.4 Å².